The maximum absolute atomic E-state index is 11.2. The molecule has 0 bridgehead atoms. The molecule has 0 aliphatic heterocycles. The number of thiophene rings is 1. The van der Waals surface area contributed by atoms with E-state index >= 15 is 0 Å². The molecular weight excluding hydrogens is 296 g/mol. The molecule has 0 saturated heterocycles. The zero-order valence-corrected chi connectivity index (χ0v) is 13.0. The predicted molar refractivity (Wildman–Crippen MR) is 80.8 cm³/mol. The molecule has 5 nitrogen and oxygen atoms in total. The number of carbonyl (C=O) groups is 1. The van der Waals surface area contributed by atoms with Gasteiger partial charge in [0.2, 0.25) is 0 Å². The van der Waals surface area contributed by atoms with Crippen molar-refractivity contribution in [2.45, 2.75) is 20.1 Å². The van der Waals surface area contributed by atoms with Gasteiger partial charge in [0.15, 0.2) is 5.13 Å². The first-order valence-corrected chi connectivity index (χ1v) is 7.84. The Morgan fingerprint density at radius 1 is 1.55 bits per heavy atom. The third-order valence-electron chi connectivity index (χ3n) is 2.74. The number of nitrogens with zero attached hydrogens (tertiary/aromatic N) is 2. The van der Waals surface area contributed by atoms with Crippen LogP contribution in [0.2, 0.25) is 0 Å². The van der Waals surface area contributed by atoms with Gasteiger partial charge in [0, 0.05) is 18.5 Å². The maximum atomic E-state index is 11.2. The van der Waals surface area contributed by atoms with Crippen molar-refractivity contribution in [3.05, 3.63) is 33.0 Å². The predicted octanol–water partition coefficient (Wildman–Crippen LogP) is 3.08. The molecule has 0 saturated carbocycles. The van der Waals surface area contributed by atoms with E-state index in [0.29, 0.717) is 5.69 Å². The first-order valence-electron chi connectivity index (χ1n) is 6.15. The lowest BCUT2D eigenvalue weighted by Crippen LogP contribution is -2.21. The van der Waals surface area contributed by atoms with E-state index in [1.54, 1.807) is 11.3 Å². The number of hydrogen-bond acceptors (Lipinski definition) is 6. The fourth-order valence-electron chi connectivity index (χ4n) is 1.78. The lowest BCUT2D eigenvalue weighted by atomic mass is 10.4. The van der Waals surface area contributed by atoms with Crippen molar-refractivity contribution in [1.29, 1.82) is 0 Å². The summed E-state index contributed by atoms with van der Waals surface area (Å²) in [5.41, 5.74) is 0.490. The minimum atomic E-state index is -0.951. The van der Waals surface area contributed by atoms with Crippen molar-refractivity contribution in [2.24, 2.45) is 0 Å². The molecule has 0 atom stereocenters. The summed E-state index contributed by atoms with van der Waals surface area (Å²) in [5, 5.41) is 12.0. The van der Waals surface area contributed by atoms with Gasteiger partial charge >= 0.3 is 5.97 Å². The number of hydrogen-bond donors (Lipinski definition) is 1. The van der Waals surface area contributed by atoms with Crippen LogP contribution in [0.15, 0.2) is 17.5 Å². The number of methoxy groups -OCH3 is 1. The number of carboxylic acid groups (broad SMARTS) is 1. The Kier molecular flexibility index (Phi) is 5.11. The molecule has 2 heterocycles. The van der Waals surface area contributed by atoms with Crippen LogP contribution in [-0.4, -0.2) is 29.7 Å². The van der Waals surface area contributed by atoms with E-state index in [1.807, 2.05) is 18.4 Å². The number of aromatic nitrogens is 1. The molecule has 0 fully saturated rings. The van der Waals surface area contributed by atoms with E-state index in [4.69, 9.17) is 4.74 Å². The summed E-state index contributed by atoms with van der Waals surface area (Å²) in [6.45, 7) is 3.77. The summed E-state index contributed by atoms with van der Waals surface area (Å²) < 4.78 is 5.02. The van der Waals surface area contributed by atoms with Gasteiger partial charge in [0.25, 0.3) is 0 Å². The highest BCUT2D eigenvalue weighted by molar-refractivity contribution is 7.17. The van der Waals surface area contributed by atoms with Crippen molar-refractivity contribution >= 4 is 33.8 Å². The summed E-state index contributed by atoms with van der Waals surface area (Å²) in [7, 11) is 1.54. The highest BCUT2D eigenvalue weighted by Gasteiger charge is 2.20. The van der Waals surface area contributed by atoms with Crippen LogP contribution in [0.5, 0.6) is 0 Å². The van der Waals surface area contributed by atoms with E-state index in [9.17, 15) is 9.90 Å². The number of aromatic carboxylic acids is 1. The van der Waals surface area contributed by atoms with Crippen LogP contribution >= 0.6 is 22.7 Å². The molecule has 2 aromatic rings. The van der Waals surface area contributed by atoms with Crippen LogP contribution < -0.4 is 4.90 Å². The van der Waals surface area contributed by atoms with Gasteiger partial charge in [-0.05, 0) is 18.4 Å². The molecule has 2 rings (SSSR count). The normalized spacial score (nSPS) is 10.7. The zero-order valence-electron chi connectivity index (χ0n) is 11.3. The van der Waals surface area contributed by atoms with Gasteiger partial charge in [-0.1, -0.05) is 17.4 Å². The minimum Gasteiger partial charge on any atom is -0.477 e. The molecule has 0 aromatic carbocycles. The second-order valence-electron chi connectivity index (χ2n) is 4.10. The van der Waals surface area contributed by atoms with Gasteiger partial charge in [0.1, 0.15) is 4.88 Å². The van der Waals surface area contributed by atoms with Gasteiger partial charge in [-0.15, -0.1) is 11.3 Å². The van der Waals surface area contributed by atoms with Gasteiger partial charge in [-0.25, -0.2) is 9.78 Å². The Morgan fingerprint density at radius 2 is 2.35 bits per heavy atom. The van der Waals surface area contributed by atoms with Crippen LogP contribution in [0.3, 0.4) is 0 Å². The van der Waals surface area contributed by atoms with Crippen LogP contribution in [0.1, 0.15) is 27.2 Å². The van der Waals surface area contributed by atoms with Gasteiger partial charge in [0.05, 0.1) is 18.8 Å². The average molecular weight is 312 g/mol. The monoisotopic (exact) mass is 312 g/mol. The third-order valence-corrected chi connectivity index (χ3v) is 4.75. The molecule has 7 heteroatoms. The van der Waals surface area contributed by atoms with E-state index in [2.05, 4.69) is 16.0 Å². The maximum Gasteiger partial charge on any atom is 0.347 e. The van der Waals surface area contributed by atoms with Crippen LogP contribution in [0.25, 0.3) is 0 Å². The fourth-order valence-corrected chi connectivity index (χ4v) is 3.47. The smallest absolute Gasteiger partial charge is 0.347 e. The van der Waals surface area contributed by atoms with Crippen molar-refractivity contribution in [2.75, 3.05) is 18.6 Å². The molecule has 0 amide bonds. The number of carboxylic acids is 1. The first kappa shape index (κ1) is 15.0. The quantitative estimate of drug-likeness (QED) is 0.851. The number of rotatable bonds is 7. The fraction of sp³-hybridized carbons (Fsp3) is 0.385. The lowest BCUT2D eigenvalue weighted by Gasteiger charge is -2.18. The van der Waals surface area contributed by atoms with Gasteiger partial charge < -0.3 is 14.7 Å². The van der Waals surface area contributed by atoms with E-state index < -0.39 is 5.97 Å². The molecular formula is C13H16N2O3S2. The van der Waals surface area contributed by atoms with Crippen molar-refractivity contribution < 1.29 is 14.6 Å². The summed E-state index contributed by atoms with van der Waals surface area (Å²) in [5.74, 6) is -0.951. The number of thiazole rings is 1. The standard InChI is InChI=1S/C13H16N2O3S2/c1-3-15(7-9-5-4-6-19-9)13-14-10(8-18-2)11(20-13)12(16)17/h4-6H,3,7-8H2,1-2H3,(H,16,17). The Hall–Kier alpha value is -1.44. The lowest BCUT2D eigenvalue weighted by molar-refractivity contribution is 0.0697. The molecule has 1 N–H and O–H groups in total. The second-order valence-corrected chi connectivity index (χ2v) is 6.11. The molecule has 0 aliphatic rings. The number of ether oxygens (including phenoxy) is 1. The molecule has 2 aromatic heterocycles. The Labute approximate surface area is 125 Å². The van der Waals surface area contributed by atoms with Crippen LogP contribution in [0, 0.1) is 0 Å². The van der Waals surface area contributed by atoms with E-state index in [0.717, 1.165) is 18.2 Å². The SMILES string of the molecule is CCN(Cc1cccs1)c1nc(COC)c(C(=O)O)s1. The van der Waals surface area contributed by atoms with Crippen molar-refractivity contribution in [3.8, 4) is 0 Å². The van der Waals surface area contributed by atoms with Gasteiger partial charge in [-0.3, -0.25) is 0 Å². The molecule has 0 spiro atoms. The molecule has 0 radical (unpaired) electrons. The Balaban J connectivity index is 2.25. The molecule has 0 unspecified atom stereocenters. The van der Waals surface area contributed by atoms with Crippen molar-refractivity contribution in [3.63, 3.8) is 0 Å². The largest absolute Gasteiger partial charge is 0.477 e. The second kappa shape index (κ2) is 6.83. The zero-order chi connectivity index (χ0) is 14.5. The summed E-state index contributed by atoms with van der Waals surface area (Å²) >= 11 is 2.89. The van der Waals surface area contributed by atoms with Crippen molar-refractivity contribution in [1.82, 2.24) is 4.98 Å². The minimum absolute atomic E-state index is 0.217. The molecule has 0 aliphatic carbocycles. The van der Waals surface area contributed by atoms with Crippen LogP contribution in [0.4, 0.5) is 5.13 Å². The third kappa shape index (κ3) is 3.36. The Morgan fingerprint density at radius 3 is 2.90 bits per heavy atom. The summed E-state index contributed by atoms with van der Waals surface area (Å²) in [4.78, 5) is 19.2. The molecule has 20 heavy (non-hydrogen) atoms. The summed E-state index contributed by atoms with van der Waals surface area (Å²) in [6.07, 6.45) is 0. The Bertz CT molecular complexity index is 566. The van der Waals surface area contributed by atoms with E-state index in [1.165, 1.54) is 23.3 Å². The number of anilines is 1. The topological polar surface area (TPSA) is 62.7 Å². The summed E-state index contributed by atoms with van der Waals surface area (Å²) in [6, 6.07) is 4.07. The van der Waals surface area contributed by atoms with E-state index in [-0.39, 0.29) is 11.5 Å². The highest BCUT2D eigenvalue weighted by atomic mass is 32.1. The highest BCUT2D eigenvalue weighted by Crippen LogP contribution is 2.28. The molecule has 108 valence electrons. The van der Waals surface area contributed by atoms with Crippen LogP contribution in [-0.2, 0) is 17.9 Å². The first-order chi connectivity index (χ1) is 9.65. The van der Waals surface area contributed by atoms with Gasteiger partial charge in [-0.2, -0.15) is 0 Å². The average Bonchev–Trinajstić information content (AvgIpc) is 3.05.